The van der Waals surface area contributed by atoms with Crippen molar-refractivity contribution in [3.63, 3.8) is 0 Å². The molecule has 2 aromatic carbocycles. The van der Waals surface area contributed by atoms with E-state index in [0.29, 0.717) is 30.3 Å². The predicted molar refractivity (Wildman–Crippen MR) is 123 cm³/mol. The molecule has 2 fully saturated rings. The van der Waals surface area contributed by atoms with E-state index in [1.807, 2.05) is 6.07 Å². The van der Waals surface area contributed by atoms with Crippen molar-refractivity contribution in [2.24, 2.45) is 5.92 Å². The highest BCUT2D eigenvalue weighted by Crippen LogP contribution is 2.47. The van der Waals surface area contributed by atoms with Crippen LogP contribution in [0.4, 0.5) is 20.6 Å². The predicted octanol–water partition coefficient (Wildman–Crippen LogP) is 3.38. The number of rotatable bonds is 7. The van der Waals surface area contributed by atoms with Crippen LogP contribution in [0, 0.1) is 11.7 Å². The lowest BCUT2D eigenvalue weighted by Crippen LogP contribution is -2.47. The van der Waals surface area contributed by atoms with E-state index in [2.05, 4.69) is 16.0 Å². The fraction of sp³-hybridized carbons (Fsp3) is 0.440. The molecule has 8 nitrogen and oxygen atoms in total. The van der Waals surface area contributed by atoms with Gasteiger partial charge in [-0.3, -0.25) is 4.79 Å². The number of carbonyl (C=O) groups excluding carboxylic acids is 2. The number of para-hydroxylation sites is 1. The first kappa shape index (κ1) is 22.6. The molecule has 3 aliphatic rings. The fourth-order valence-electron chi connectivity index (χ4n) is 4.67. The summed E-state index contributed by atoms with van der Waals surface area (Å²) in [7, 11) is 0. The summed E-state index contributed by atoms with van der Waals surface area (Å²) in [4.78, 5) is 24.7. The molecule has 4 N–H and O–H groups in total. The highest BCUT2D eigenvalue weighted by molar-refractivity contribution is 5.99. The Morgan fingerprint density at radius 2 is 1.94 bits per heavy atom. The Morgan fingerprint density at radius 1 is 1.12 bits per heavy atom. The summed E-state index contributed by atoms with van der Waals surface area (Å²) in [5.41, 5.74) is 1.50. The fourth-order valence-corrected chi connectivity index (χ4v) is 4.67. The molecule has 5 rings (SSSR count). The second kappa shape index (κ2) is 9.60. The van der Waals surface area contributed by atoms with E-state index in [0.717, 1.165) is 5.56 Å². The molecule has 0 radical (unpaired) electrons. The lowest BCUT2D eigenvalue weighted by atomic mass is 9.84. The Bertz CT molecular complexity index is 1080. The first-order chi connectivity index (χ1) is 16.5. The van der Waals surface area contributed by atoms with Crippen LogP contribution >= 0.6 is 0 Å². The summed E-state index contributed by atoms with van der Waals surface area (Å²) in [5.74, 6) is 0.607. The van der Waals surface area contributed by atoms with Crippen molar-refractivity contribution in [3.8, 4) is 5.75 Å². The van der Waals surface area contributed by atoms with Gasteiger partial charge in [-0.2, -0.15) is 0 Å². The van der Waals surface area contributed by atoms with Gasteiger partial charge in [0.15, 0.2) is 0 Å². The minimum atomic E-state index is -0.564. The molecular formula is C25H28FN3O5. The minimum Gasteiger partial charge on any atom is -0.487 e. The van der Waals surface area contributed by atoms with Crippen LogP contribution in [-0.2, 0) is 9.53 Å². The van der Waals surface area contributed by atoms with E-state index in [1.165, 1.54) is 25.0 Å². The minimum absolute atomic E-state index is 0.0496. The SMILES string of the molecule is O=C(C[C@@H]1C[C@@H]2c3cc(NC(=O)Nc4ccccc4F)ccc3O[C@@H]2[C@H](CO)O1)NCC1CC1. The molecule has 0 bridgehead atoms. The second-order valence-corrected chi connectivity index (χ2v) is 9.17. The molecule has 0 spiro atoms. The number of halogens is 1. The van der Waals surface area contributed by atoms with Crippen LogP contribution in [0.2, 0.25) is 0 Å². The van der Waals surface area contributed by atoms with E-state index >= 15 is 0 Å². The number of hydrogen-bond acceptors (Lipinski definition) is 5. The van der Waals surface area contributed by atoms with Gasteiger partial charge in [-0.15, -0.1) is 0 Å². The molecular weight excluding hydrogens is 441 g/mol. The standard InChI is InChI=1S/C25H28FN3O5/c26-19-3-1-2-4-20(19)29-25(32)28-15-7-8-21-17(9-15)18-10-16(33-22(13-30)24(18)34-21)11-23(31)27-12-14-5-6-14/h1-4,7-9,14,16,18,22,24,30H,5-6,10-13H2,(H,27,31)(H2,28,29,32)/t16-,18+,22-,24-/m0/s1. The molecule has 180 valence electrons. The molecule has 1 aliphatic carbocycles. The zero-order valence-corrected chi connectivity index (χ0v) is 18.6. The molecule has 9 heteroatoms. The van der Waals surface area contributed by atoms with Crippen molar-refractivity contribution < 1.29 is 28.6 Å². The summed E-state index contributed by atoms with van der Waals surface area (Å²) in [6.45, 7) is 0.489. The van der Waals surface area contributed by atoms with Gasteiger partial charge in [-0.25, -0.2) is 9.18 Å². The van der Waals surface area contributed by atoms with Crippen LogP contribution in [0.5, 0.6) is 5.75 Å². The topological polar surface area (TPSA) is 109 Å². The average molecular weight is 470 g/mol. The van der Waals surface area contributed by atoms with Gasteiger partial charge in [-0.05, 0) is 55.5 Å². The smallest absolute Gasteiger partial charge is 0.323 e. The lowest BCUT2D eigenvalue weighted by Gasteiger charge is -2.37. The Kier molecular flexibility index (Phi) is 6.38. The monoisotopic (exact) mass is 469 g/mol. The van der Waals surface area contributed by atoms with E-state index in [1.54, 1.807) is 24.3 Å². The van der Waals surface area contributed by atoms with E-state index in [4.69, 9.17) is 9.47 Å². The summed E-state index contributed by atoms with van der Waals surface area (Å²) >= 11 is 0. The molecule has 0 aromatic heterocycles. The van der Waals surface area contributed by atoms with E-state index < -0.39 is 18.0 Å². The number of aliphatic hydroxyl groups is 1. The number of ether oxygens (including phenoxy) is 2. The van der Waals surface area contributed by atoms with Crippen molar-refractivity contribution in [3.05, 3.63) is 53.8 Å². The zero-order valence-electron chi connectivity index (χ0n) is 18.6. The van der Waals surface area contributed by atoms with Gasteiger partial charge in [0.05, 0.1) is 24.8 Å². The van der Waals surface area contributed by atoms with Crippen molar-refractivity contribution in [1.82, 2.24) is 5.32 Å². The largest absolute Gasteiger partial charge is 0.487 e. The number of fused-ring (bicyclic) bond motifs is 3. The Balaban J connectivity index is 1.26. The second-order valence-electron chi connectivity index (χ2n) is 9.17. The van der Waals surface area contributed by atoms with E-state index in [9.17, 15) is 19.1 Å². The third kappa shape index (κ3) is 5.00. The van der Waals surface area contributed by atoms with Gasteiger partial charge in [0.1, 0.15) is 23.8 Å². The molecule has 0 unspecified atom stereocenters. The van der Waals surface area contributed by atoms with Crippen molar-refractivity contribution in [1.29, 1.82) is 0 Å². The third-order valence-corrected chi connectivity index (χ3v) is 6.58. The number of carbonyl (C=O) groups is 2. The normalized spacial score (nSPS) is 25.0. The first-order valence-corrected chi connectivity index (χ1v) is 11.7. The molecule has 34 heavy (non-hydrogen) atoms. The molecule has 2 heterocycles. The molecule has 2 aliphatic heterocycles. The highest BCUT2D eigenvalue weighted by Gasteiger charge is 2.46. The number of aliphatic hydroxyl groups excluding tert-OH is 1. The van der Waals surface area contributed by atoms with Crippen molar-refractivity contribution in [2.45, 2.75) is 49.9 Å². The van der Waals surface area contributed by atoms with Crippen LogP contribution in [0.15, 0.2) is 42.5 Å². The zero-order chi connectivity index (χ0) is 23.7. The molecule has 3 amide bonds. The number of anilines is 2. The number of nitrogens with one attached hydrogen (secondary N) is 3. The summed E-state index contributed by atoms with van der Waals surface area (Å²) in [6, 6.07) is 10.7. The van der Waals surface area contributed by atoms with Crippen LogP contribution in [0.25, 0.3) is 0 Å². The quantitative estimate of drug-likeness (QED) is 0.497. The van der Waals surface area contributed by atoms with Crippen molar-refractivity contribution >= 4 is 23.3 Å². The first-order valence-electron chi connectivity index (χ1n) is 11.7. The number of hydrogen-bond donors (Lipinski definition) is 4. The maximum atomic E-state index is 13.8. The summed E-state index contributed by atoms with van der Waals surface area (Å²) < 4.78 is 25.9. The summed E-state index contributed by atoms with van der Waals surface area (Å²) in [5, 5.41) is 18.1. The number of benzene rings is 2. The van der Waals surface area contributed by atoms with Crippen LogP contribution < -0.4 is 20.7 Å². The van der Waals surface area contributed by atoms with Crippen molar-refractivity contribution in [2.75, 3.05) is 23.8 Å². The molecule has 1 saturated carbocycles. The van der Waals surface area contributed by atoms with Gasteiger partial charge >= 0.3 is 6.03 Å². The van der Waals surface area contributed by atoms with Crippen LogP contribution in [-0.4, -0.2) is 48.5 Å². The summed E-state index contributed by atoms with van der Waals surface area (Å²) in [6.07, 6.45) is 1.87. The average Bonchev–Trinajstić information content (AvgIpc) is 3.59. The van der Waals surface area contributed by atoms with Crippen LogP contribution in [0.1, 0.15) is 37.2 Å². The van der Waals surface area contributed by atoms with Gasteiger partial charge in [0.25, 0.3) is 0 Å². The Hall–Kier alpha value is -3.17. The third-order valence-electron chi connectivity index (χ3n) is 6.58. The van der Waals surface area contributed by atoms with Crippen LogP contribution in [0.3, 0.4) is 0 Å². The van der Waals surface area contributed by atoms with Gasteiger partial charge in [-0.1, -0.05) is 12.1 Å². The number of urea groups is 1. The van der Waals surface area contributed by atoms with Gasteiger partial charge in [0, 0.05) is 23.7 Å². The Morgan fingerprint density at radius 3 is 2.71 bits per heavy atom. The van der Waals surface area contributed by atoms with Gasteiger partial charge in [0.2, 0.25) is 5.91 Å². The lowest BCUT2D eigenvalue weighted by molar-refractivity contribution is -0.142. The molecule has 4 atom stereocenters. The molecule has 1 saturated heterocycles. The molecule has 2 aromatic rings. The van der Waals surface area contributed by atoms with Gasteiger partial charge < -0.3 is 30.5 Å². The Labute approximate surface area is 196 Å². The maximum absolute atomic E-state index is 13.8. The number of amides is 3. The maximum Gasteiger partial charge on any atom is 0.323 e. The highest BCUT2D eigenvalue weighted by atomic mass is 19.1. The van der Waals surface area contributed by atoms with E-state index in [-0.39, 0.29) is 42.7 Å².